The average molecular weight is 318 g/mol. The molecule has 2 aromatic heterocycles. The molecule has 0 aromatic carbocycles. The molecule has 22 heavy (non-hydrogen) atoms. The van der Waals surface area contributed by atoms with Gasteiger partial charge >= 0.3 is 6.03 Å². The van der Waals surface area contributed by atoms with E-state index in [0.717, 1.165) is 35.9 Å². The van der Waals surface area contributed by atoms with Crippen LogP contribution in [0.3, 0.4) is 0 Å². The summed E-state index contributed by atoms with van der Waals surface area (Å²) in [4.78, 5) is 18.9. The van der Waals surface area contributed by atoms with Crippen molar-refractivity contribution < 1.29 is 4.79 Å². The number of likely N-dealkylation sites (tertiary alicyclic amines) is 1. The number of hydrogen-bond acceptors (Lipinski definition) is 5. The molecule has 1 unspecified atom stereocenters. The van der Waals surface area contributed by atoms with Gasteiger partial charge in [0.25, 0.3) is 0 Å². The molecule has 1 aliphatic carbocycles. The molecule has 2 fully saturated rings. The van der Waals surface area contributed by atoms with Crippen LogP contribution in [0, 0.1) is 0 Å². The third-order valence-electron chi connectivity index (χ3n) is 4.34. The second-order valence-corrected chi connectivity index (χ2v) is 6.78. The molecular weight excluding hydrogens is 300 g/mol. The zero-order valence-corrected chi connectivity index (χ0v) is 13.2. The van der Waals surface area contributed by atoms with Gasteiger partial charge in [-0.2, -0.15) is 0 Å². The van der Waals surface area contributed by atoms with Crippen LogP contribution in [0.25, 0.3) is 0 Å². The van der Waals surface area contributed by atoms with Crippen LogP contribution in [0.4, 0.5) is 9.80 Å². The fourth-order valence-corrected chi connectivity index (χ4v) is 3.79. The summed E-state index contributed by atoms with van der Waals surface area (Å²) in [5, 5.41) is 12.0. The van der Waals surface area contributed by atoms with Crippen molar-refractivity contribution in [1.29, 1.82) is 0 Å². The first kappa shape index (κ1) is 13.7. The summed E-state index contributed by atoms with van der Waals surface area (Å²) in [6, 6.07) is -0.0542. The number of aromatic nitrogens is 4. The third kappa shape index (κ3) is 2.37. The highest BCUT2D eigenvalue weighted by Crippen LogP contribution is 2.44. The monoisotopic (exact) mass is 318 g/mol. The van der Waals surface area contributed by atoms with Gasteiger partial charge in [-0.25, -0.2) is 9.78 Å². The number of rotatable bonds is 3. The largest absolute Gasteiger partial charge is 0.323 e. The Morgan fingerprint density at radius 1 is 1.41 bits per heavy atom. The van der Waals surface area contributed by atoms with Crippen molar-refractivity contribution in [1.82, 2.24) is 24.6 Å². The van der Waals surface area contributed by atoms with E-state index in [1.54, 1.807) is 6.33 Å². The number of urea groups is 1. The number of carbonyl (C=O) groups is 1. The fourth-order valence-electron chi connectivity index (χ4n) is 3.04. The summed E-state index contributed by atoms with van der Waals surface area (Å²) >= 11 is 1.50. The Balaban J connectivity index is 1.52. The highest BCUT2D eigenvalue weighted by atomic mass is 32.1. The zero-order chi connectivity index (χ0) is 15.1. The molecule has 2 amide bonds. The molecule has 2 aromatic rings. The van der Waals surface area contributed by atoms with Crippen molar-refractivity contribution in [3.05, 3.63) is 23.4 Å². The lowest BCUT2D eigenvalue weighted by Gasteiger charge is -2.24. The van der Waals surface area contributed by atoms with E-state index in [1.807, 2.05) is 22.0 Å². The number of hydrogen-bond donors (Lipinski definition) is 1. The quantitative estimate of drug-likeness (QED) is 0.943. The number of aryl methyl sites for hydroxylation is 1. The third-order valence-corrected chi connectivity index (χ3v) is 5.10. The molecule has 7 nitrogen and oxygen atoms in total. The topological polar surface area (TPSA) is 75.9 Å². The SMILES string of the molecule is Cn1cnnc1C1CCCN1C(=O)Nc1scnc1C1CC1. The Hall–Kier alpha value is -1.96. The first-order chi connectivity index (χ1) is 10.7. The molecule has 0 spiro atoms. The summed E-state index contributed by atoms with van der Waals surface area (Å²) < 4.78 is 1.89. The summed E-state index contributed by atoms with van der Waals surface area (Å²) in [7, 11) is 1.91. The average Bonchev–Trinajstić information content (AvgIpc) is 2.91. The maximum atomic E-state index is 12.7. The maximum absolute atomic E-state index is 12.7. The van der Waals surface area contributed by atoms with Gasteiger partial charge in [-0.15, -0.1) is 21.5 Å². The Morgan fingerprint density at radius 3 is 3.00 bits per heavy atom. The molecule has 1 aliphatic heterocycles. The number of anilines is 1. The molecule has 0 radical (unpaired) electrons. The lowest BCUT2D eigenvalue weighted by Crippen LogP contribution is -2.35. The van der Waals surface area contributed by atoms with E-state index in [0.29, 0.717) is 5.92 Å². The van der Waals surface area contributed by atoms with Crippen molar-refractivity contribution in [3.8, 4) is 0 Å². The van der Waals surface area contributed by atoms with Crippen molar-refractivity contribution in [3.63, 3.8) is 0 Å². The van der Waals surface area contributed by atoms with E-state index in [-0.39, 0.29) is 12.1 Å². The smallest absolute Gasteiger partial charge is 0.319 e. The molecule has 4 rings (SSSR count). The Morgan fingerprint density at radius 2 is 2.27 bits per heavy atom. The highest BCUT2D eigenvalue weighted by Gasteiger charge is 2.34. The van der Waals surface area contributed by atoms with Crippen LogP contribution in [-0.2, 0) is 7.05 Å². The van der Waals surface area contributed by atoms with Crippen LogP contribution in [0.1, 0.15) is 49.2 Å². The van der Waals surface area contributed by atoms with E-state index in [2.05, 4.69) is 20.5 Å². The van der Waals surface area contributed by atoms with Crippen LogP contribution in [0.5, 0.6) is 0 Å². The summed E-state index contributed by atoms with van der Waals surface area (Å²) in [6.07, 6.45) is 5.95. The van der Waals surface area contributed by atoms with Crippen LogP contribution in [-0.4, -0.2) is 37.2 Å². The van der Waals surface area contributed by atoms with Crippen molar-refractivity contribution in [2.45, 2.75) is 37.6 Å². The van der Waals surface area contributed by atoms with E-state index in [4.69, 9.17) is 0 Å². The first-order valence-electron chi connectivity index (χ1n) is 7.59. The molecule has 1 N–H and O–H groups in total. The number of carbonyl (C=O) groups excluding carboxylic acids is 1. The Kier molecular flexibility index (Phi) is 3.33. The lowest BCUT2D eigenvalue weighted by molar-refractivity contribution is 0.204. The second-order valence-electron chi connectivity index (χ2n) is 5.92. The molecule has 8 heteroatoms. The number of thiazole rings is 1. The minimum Gasteiger partial charge on any atom is -0.319 e. The number of nitrogens with zero attached hydrogens (tertiary/aromatic N) is 5. The fraction of sp³-hybridized carbons (Fsp3) is 0.571. The maximum Gasteiger partial charge on any atom is 0.323 e. The van der Waals surface area contributed by atoms with Crippen LogP contribution in [0.2, 0.25) is 0 Å². The van der Waals surface area contributed by atoms with Gasteiger partial charge in [-0.05, 0) is 25.7 Å². The van der Waals surface area contributed by atoms with E-state index >= 15 is 0 Å². The lowest BCUT2D eigenvalue weighted by atomic mass is 10.2. The Labute approximate surface area is 132 Å². The van der Waals surface area contributed by atoms with Gasteiger partial charge in [0, 0.05) is 19.5 Å². The van der Waals surface area contributed by atoms with Gasteiger partial charge < -0.3 is 9.47 Å². The predicted octanol–water partition coefficient (Wildman–Crippen LogP) is 2.52. The first-order valence-corrected chi connectivity index (χ1v) is 8.47. The highest BCUT2D eigenvalue weighted by molar-refractivity contribution is 7.14. The van der Waals surface area contributed by atoms with Crippen LogP contribution < -0.4 is 5.32 Å². The summed E-state index contributed by atoms with van der Waals surface area (Å²) in [5.74, 6) is 1.38. The second kappa shape index (κ2) is 5.35. The number of amides is 2. The van der Waals surface area contributed by atoms with Gasteiger partial charge in [0.2, 0.25) is 0 Å². The van der Waals surface area contributed by atoms with E-state index in [9.17, 15) is 4.79 Å². The predicted molar refractivity (Wildman–Crippen MR) is 82.8 cm³/mol. The Bertz CT molecular complexity index is 691. The minimum atomic E-state index is -0.0587. The van der Waals surface area contributed by atoms with Gasteiger partial charge in [0.1, 0.15) is 11.3 Å². The van der Waals surface area contributed by atoms with E-state index < -0.39 is 0 Å². The molecule has 0 bridgehead atoms. The molecular formula is C14H18N6OS. The minimum absolute atomic E-state index is 0.00444. The molecule has 2 aliphatic rings. The molecule has 116 valence electrons. The molecule has 1 saturated heterocycles. The van der Waals surface area contributed by atoms with Crippen molar-refractivity contribution in [2.75, 3.05) is 11.9 Å². The van der Waals surface area contributed by atoms with Crippen LogP contribution >= 0.6 is 11.3 Å². The summed E-state index contributed by atoms with van der Waals surface area (Å²) in [5.41, 5.74) is 2.86. The van der Waals surface area contributed by atoms with Gasteiger partial charge in [0.05, 0.1) is 17.2 Å². The molecule has 1 saturated carbocycles. The normalized spacial score (nSPS) is 21.3. The van der Waals surface area contributed by atoms with Gasteiger partial charge in [0.15, 0.2) is 5.82 Å². The van der Waals surface area contributed by atoms with E-state index in [1.165, 1.54) is 24.2 Å². The van der Waals surface area contributed by atoms with Gasteiger partial charge in [-0.3, -0.25) is 5.32 Å². The van der Waals surface area contributed by atoms with Crippen molar-refractivity contribution in [2.24, 2.45) is 7.05 Å². The molecule has 3 heterocycles. The summed E-state index contributed by atoms with van der Waals surface area (Å²) in [6.45, 7) is 0.751. The standard InChI is InChI=1S/C14H18N6OS/c1-19-7-16-18-12(19)10-3-2-6-20(10)14(21)17-13-11(9-4-5-9)15-8-22-13/h7-10H,2-6H2,1H3,(H,17,21). The van der Waals surface area contributed by atoms with Crippen molar-refractivity contribution >= 4 is 22.4 Å². The number of nitrogens with one attached hydrogen (secondary N) is 1. The van der Waals surface area contributed by atoms with Crippen LogP contribution in [0.15, 0.2) is 11.8 Å². The zero-order valence-electron chi connectivity index (χ0n) is 12.4. The van der Waals surface area contributed by atoms with Gasteiger partial charge in [-0.1, -0.05) is 0 Å². The molecule has 1 atom stereocenters.